The van der Waals surface area contributed by atoms with Gasteiger partial charge in [0.05, 0.1) is 19.1 Å². The summed E-state index contributed by atoms with van der Waals surface area (Å²) in [5.41, 5.74) is -1.09. The van der Waals surface area contributed by atoms with Crippen molar-refractivity contribution in [1.82, 2.24) is 0 Å². The lowest BCUT2D eigenvalue weighted by molar-refractivity contribution is -0.501. The van der Waals surface area contributed by atoms with Crippen LogP contribution in [0.15, 0.2) is 30.3 Å². The lowest BCUT2D eigenvalue weighted by Crippen LogP contribution is -2.23. The van der Waals surface area contributed by atoms with E-state index in [2.05, 4.69) is 4.74 Å². The topological polar surface area (TPSA) is 93.2 Å². The molecule has 0 unspecified atom stereocenters. The first-order valence-corrected chi connectivity index (χ1v) is 5.27. The Bertz CT molecular complexity index is 537. The predicted octanol–water partition coefficient (Wildman–Crippen LogP) is 1.11. The van der Waals surface area contributed by atoms with Crippen LogP contribution in [0.4, 0.5) is 0 Å². The minimum absolute atomic E-state index is 0.586. The molecule has 18 heavy (non-hydrogen) atoms. The fourth-order valence-corrected chi connectivity index (χ4v) is 2.36. The monoisotopic (exact) mass is 246 g/mol. The molecule has 3 atom stereocenters. The van der Waals surface area contributed by atoms with Gasteiger partial charge >= 0.3 is 5.97 Å². The van der Waals surface area contributed by atoms with Crippen LogP contribution in [0.5, 0.6) is 0 Å². The number of nitriles is 1. The molecule has 0 aromatic heterocycles. The zero-order valence-electron chi connectivity index (χ0n) is 9.57. The molecule has 6 heteroatoms. The molecule has 6 nitrogen and oxygen atoms in total. The van der Waals surface area contributed by atoms with Crippen LogP contribution in [0.25, 0.3) is 0 Å². The minimum Gasteiger partial charge on any atom is -0.468 e. The highest BCUT2D eigenvalue weighted by Crippen LogP contribution is 2.61. The van der Waals surface area contributed by atoms with E-state index >= 15 is 0 Å². The molecule has 1 aliphatic carbocycles. The summed E-state index contributed by atoms with van der Waals surface area (Å²) in [7, 11) is 1.12. The van der Waals surface area contributed by atoms with Gasteiger partial charge in [-0.3, -0.25) is 14.9 Å². The SMILES string of the molecule is COC(=O)[C@@]1(C#N)[C@@H]([N+](=O)[O-])[C@@H]1c1ccccc1. The Labute approximate surface area is 103 Å². The third-order valence-electron chi connectivity index (χ3n) is 3.26. The molecule has 1 aromatic rings. The Morgan fingerprint density at radius 3 is 2.56 bits per heavy atom. The molecule has 0 amide bonds. The van der Waals surface area contributed by atoms with Crippen molar-refractivity contribution in [3.8, 4) is 6.07 Å². The zero-order chi connectivity index (χ0) is 13.3. The highest BCUT2D eigenvalue weighted by atomic mass is 16.6. The van der Waals surface area contributed by atoms with Crippen LogP contribution in [0, 0.1) is 26.9 Å². The molecule has 0 N–H and O–H groups in total. The van der Waals surface area contributed by atoms with Gasteiger partial charge in [-0.25, -0.2) is 0 Å². The van der Waals surface area contributed by atoms with E-state index in [1.807, 2.05) is 0 Å². The Morgan fingerprint density at radius 2 is 2.11 bits per heavy atom. The molecule has 0 radical (unpaired) electrons. The number of benzene rings is 1. The van der Waals surface area contributed by atoms with Crippen molar-refractivity contribution in [1.29, 1.82) is 5.26 Å². The average molecular weight is 246 g/mol. The number of ether oxygens (including phenoxy) is 1. The van der Waals surface area contributed by atoms with E-state index in [0.717, 1.165) is 7.11 Å². The number of carbonyl (C=O) groups is 1. The van der Waals surface area contributed by atoms with Crippen LogP contribution >= 0.6 is 0 Å². The molecule has 0 aliphatic heterocycles. The normalized spacial score (nSPS) is 29.1. The smallest absolute Gasteiger partial charge is 0.334 e. The van der Waals surface area contributed by atoms with E-state index in [1.54, 1.807) is 36.4 Å². The summed E-state index contributed by atoms with van der Waals surface area (Å²) in [4.78, 5) is 22.1. The maximum Gasteiger partial charge on any atom is 0.334 e. The molecule has 92 valence electrons. The number of carbonyl (C=O) groups excluding carboxylic acids is 1. The molecule has 1 fully saturated rings. The summed E-state index contributed by atoms with van der Waals surface area (Å²) in [5.74, 6) is -1.59. The van der Waals surface area contributed by atoms with Crippen LogP contribution in [0.2, 0.25) is 0 Å². The van der Waals surface area contributed by atoms with Gasteiger partial charge < -0.3 is 4.74 Å². The molecule has 0 bridgehead atoms. The lowest BCUT2D eigenvalue weighted by atomic mass is 10.0. The van der Waals surface area contributed by atoms with Gasteiger partial charge in [0.1, 0.15) is 0 Å². The number of nitrogens with zero attached hydrogens (tertiary/aromatic N) is 2. The number of hydrogen-bond acceptors (Lipinski definition) is 5. The molecule has 2 rings (SSSR count). The Balaban J connectivity index is 2.45. The molecule has 0 heterocycles. The van der Waals surface area contributed by atoms with Crippen LogP contribution in [-0.4, -0.2) is 24.0 Å². The first-order valence-electron chi connectivity index (χ1n) is 5.27. The number of esters is 1. The van der Waals surface area contributed by atoms with Gasteiger partial charge in [0.25, 0.3) is 6.04 Å². The van der Waals surface area contributed by atoms with Crippen molar-refractivity contribution in [3.05, 3.63) is 46.0 Å². The van der Waals surface area contributed by atoms with Gasteiger partial charge in [-0.1, -0.05) is 30.3 Å². The van der Waals surface area contributed by atoms with E-state index in [0.29, 0.717) is 5.56 Å². The van der Waals surface area contributed by atoms with Crippen molar-refractivity contribution in [2.45, 2.75) is 12.0 Å². The Hall–Kier alpha value is -2.42. The van der Waals surface area contributed by atoms with Crippen LogP contribution < -0.4 is 0 Å². The fraction of sp³-hybridized carbons (Fsp3) is 0.333. The fourth-order valence-electron chi connectivity index (χ4n) is 2.36. The first kappa shape index (κ1) is 12.0. The van der Waals surface area contributed by atoms with Gasteiger partial charge in [-0.2, -0.15) is 5.26 Å². The van der Waals surface area contributed by atoms with E-state index in [-0.39, 0.29) is 0 Å². The molecular formula is C12H10N2O4. The maximum atomic E-state index is 11.7. The second kappa shape index (κ2) is 4.11. The Kier molecular flexibility index (Phi) is 2.75. The van der Waals surface area contributed by atoms with E-state index in [9.17, 15) is 14.9 Å². The van der Waals surface area contributed by atoms with Gasteiger partial charge in [0, 0.05) is 4.92 Å². The predicted molar refractivity (Wildman–Crippen MR) is 60.0 cm³/mol. The van der Waals surface area contributed by atoms with Crippen molar-refractivity contribution in [3.63, 3.8) is 0 Å². The van der Waals surface area contributed by atoms with Crippen LogP contribution in [-0.2, 0) is 9.53 Å². The summed E-state index contributed by atoms with van der Waals surface area (Å²) < 4.78 is 4.53. The molecule has 1 saturated carbocycles. The summed E-state index contributed by atoms with van der Waals surface area (Å²) in [5, 5.41) is 20.1. The maximum absolute atomic E-state index is 11.7. The average Bonchev–Trinajstić information content (AvgIpc) is 3.09. The second-order valence-electron chi connectivity index (χ2n) is 4.09. The molecule has 1 aromatic carbocycles. The first-order chi connectivity index (χ1) is 8.59. The third-order valence-corrected chi connectivity index (χ3v) is 3.26. The van der Waals surface area contributed by atoms with Gasteiger partial charge in [0.15, 0.2) is 0 Å². The Morgan fingerprint density at radius 1 is 1.50 bits per heavy atom. The quantitative estimate of drug-likeness (QED) is 0.452. The van der Waals surface area contributed by atoms with E-state index in [4.69, 9.17) is 5.26 Å². The molecule has 0 spiro atoms. The van der Waals surface area contributed by atoms with Gasteiger partial charge in [-0.05, 0) is 5.56 Å². The highest BCUT2D eigenvalue weighted by molar-refractivity contribution is 5.87. The molecule has 0 saturated heterocycles. The summed E-state index contributed by atoms with van der Waals surface area (Å²) in [6, 6.07) is 9.06. The summed E-state index contributed by atoms with van der Waals surface area (Å²) in [6.07, 6.45) is 0. The van der Waals surface area contributed by atoms with Gasteiger partial charge in [-0.15, -0.1) is 0 Å². The zero-order valence-corrected chi connectivity index (χ0v) is 9.57. The number of rotatable bonds is 3. The van der Waals surface area contributed by atoms with Crippen molar-refractivity contribution in [2.75, 3.05) is 7.11 Å². The lowest BCUT2D eigenvalue weighted by Gasteiger charge is -2.03. The van der Waals surface area contributed by atoms with Crippen molar-refractivity contribution >= 4 is 5.97 Å². The van der Waals surface area contributed by atoms with Crippen LogP contribution in [0.1, 0.15) is 11.5 Å². The molecule has 1 aliphatic rings. The third kappa shape index (κ3) is 1.44. The van der Waals surface area contributed by atoms with Crippen LogP contribution in [0.3, 0.4) is 0 Å². The number of hydrogen-bond donors (Lipinski definition) is 0. The second-order valence-corrected chi connectivity index (χ2v) is 4.09. The summed E-state index contributed by atoms with van der Waals surface area (Å²) >= 11 is 0. The number of methoxy groups -OCH3 is 1. The standard InChI is InChI=1S/C12H10N2O4/c1-18-11(15)12(7-13)9(10(12)14(16)17)8-5-3-2-4-6-8/h2-6,9-10H,1H3/t9-,10-,12+/m0/s1. The largest absolute Gasteiger partial charge is 0.468 e. The summed E-state index contributed by atoms with van der Waals surface area (Å²) in [6.45, 7) is 0. The minimum atomic E-state index is -1.69. The molecular weight excluding hydrogens is 236 g/mol. The van der Waals surface area contributed by atoms with E-state index < -0.39 is 28.3 Å². The van der Waals surface area contributed by atoms with E-state index in [1.165, 1.54) is 0 Å². The number of nitro groups is 1. The van der Waals surface area contributed by atoms with Crippen molar-refractivity contribution in [2.24, 2.45) is 5.41 Å². The van der Waals surface area contributed by atoms with Crippen molar-refractivity contribution < 1.29 is 14.5 Å². The highest BCUT2D eigenvalue weighted by Gasteiger charge is 2.81. The van der Waals surface area contributed by atoms with Gasteiger partial charge in [0.2, 0.25) is 5.41 Å².